The van der Waals surface area contributed by atoms with Gasteiger partial charge in [0, 0.05) is 30.5 Å². The number of thioether (sulfide) groups is 1. The highest BCUT2D eigenvalue weighted by atomic mass is 32.2. The van der Waals surface area contributed by atoms with Gasteiger partial charge in [-0.2, -0.15) is 0 Å². The molecule has 2 atom stereocenters. The Bertz CT molecular complexity index is 838. The summed E-state index contributed by atoms with van der Waals surface area (Å²) in [5, 5.41) is 3.88. The van der Waals surface area contributed by atoms with E-state index >= 15 is 0 Å². The van der Waals surface area contributed by atoms with Gasteiger partial charge in [-0.05, 0) is 74.6 Å². The molecule has 1 amide bonds. The molecule has 3 heterocycles. The first-order valence-electron chi connectivity index (χ1n) is 11.3. The first kappa shape index (κ1) is 20.0. The highest BCUT2D eigenvalue weighted by Gasteiger charge is 2.43. The van der Waals surface area contributed by atoms with Crippen LogP contribution in [0.15, 0.2) is 47.9 Å². The third-order valence-corrected chi connectivity index (χ3v) is 7.99. The summed E-state index contributed by atoms with van der Waals surface area (Å²) in [4.78, 5) is 23.3. The minimum atomic E-state index is 0.0994. The van der Waals surface area contributed by atoms with Crippen molar-refractivity contribution in [3.63, 3.8) is 0 Å². The third-order valence-electron chi connectivity index (χ3n) is 7.11. The molecule has 0 spiro atoms. The van der Waals surface area contributed by atoms with Crippen LogP contribution in [0, 0.1) is 5.92 Å². The molecule has 1 aromatic carbocycles. The number of amides is 1. The van der Waals surface area contributed by atoms with Crippen molar-refractivity contribution in [2.75, 3.05) is 12.3 Å². The zero-order chi connectivity index (χ0) is 20.3. The summed E-state index contributed by atoms with van der Waals surface area (Å²) in [5.74, 6) is 1.29. The van der Waals surface area contributed by atoms with Crippen molar-refractivity contribution in [2.45, 2.75) is 68.2 Å². The maximum atomic E-state index is 12.3. The largest absolute Gasteiger partial charge is 0.353 e. The smallest absolute Gasteiger partial charge is 0.230 e. The molecule has 2 aliphatic heterocycles. The fourth-order valence-corrected chi connectivity index (χ4v) is 6.26. The molecule has 1 aromatic heterocycles. The van der Waals surface area contributed by atoms with E-state index in [-0.39, 0.29) is 5.91 Å². The maximum absolute atomic E-state index is 12.3. The lowest BCUT2D eigenvalue weighted by Crippen LogP contribution is -2.39. The molecular weight excluding hydrogens is 392 g/mol. The Morgan fingerprint density at radius 2 is 1.63 bits per heavy atom. The van der Waals surface area contributed by atoms with E-state index < -0.39 is 0 Å². The van der Waals surface area contributed by atoms with Gasteiger partial charge in [0.2, 0.25) is 5.91 Å². The quantitative estimate of drug-likeness (QED) is 0.525. The predicted octanol–water partition coefficient (Wildman–Crippen LogP) is 4.53. The van der Waals surface area contributed by atoms with Gasteiger partial charge >= 0.3 is 0 Å². The van der Waals surface area contributed by atoms with Crippen LogP contribution >= 0.6 is 11.8 Å². The molecule has 1 N–H and O–H groups in total. The van der Waals surface area contributed by atoms with Gasteiger partial charge in [0.25, 0.3) is 0 Å². The van der Waals surface area contributed by atoms with E-state index in [0.29, 0.717) is 29.0 Å². The van der Waals surface area contributed by atoms with Crippen LogP contribution in [0.5, 0.6) is 0 Å². The number of rotatable bonds is 7. The van der Waals surface area contributed by atoms with Gasteiger partial charge in [-0.1, -0.05) is 36.0 Å². The summed E-state index contributed by atoms with van der Waals surface area (Å²) in [6.45, 7) is 1.22. The molecule has 6 heteroatoms. The lowest BCUT2D eigenvalue weighted by atomic mass is 9.84. The Morgan fingerprint density at radius 1 is 0.967 bits per heavy atom. The van der Waals surface area contributed by atoms with Crippen molar-refractivity contribution >= 4 is 17.7 Å². The van der Waals surface area contributed by atoms with E-state index in [1.165, 1.54) is 50.4 Å². The lowest BCUT2D eigenvalue weighted by molar-refractivity contribution is -0.119. The van der Waals surface area contributed by atoms with Crippen LogP contribution in [-0.4, -0.2) is 39.1 Å². The van der Waals surface area contributed by atoms with Crippen LogP contribution in [-0.2, 0) is 4.79 Å². The Morgan fingerprint density at radius 3 is 2.30 bits per heavy atom. The second kappa shape index (κ2) is 9.06. The molecule has 5 nitrogen and oxygen atoms in total. The van der Waals surface area contributed by atoms with Crippen molar-refractivity contribution in [2.24, 2.45) is 5.92 Å². The molecule has 2 bridgehead atoms. The average molecular weight is 423 g/mol. The van der Waals surface area contributed by atoms with Crippen LogP contribution in [0.1, 0.15) is 68.2 Å². The SMILES string of the molecule is O=C(CSc1ncccn1)NC1CCC(CCN2C3CCC2c2ccccc23)CC1. The average Bonchev–Trinajstić information content (AvgIpc) is 3.34. The summed E-state index contributed by atoms with van der Waals surface area (Å²) < 4.78 is 0. The van der Waals surface area contributed by atoms with Crippen molar-refractivity contribution in [3.8, 4) is 0 Å². The molecule has 5 rings (SSSR count). The van der Waals surface area contributed by atoms with Crippen molar-refractivity contribution < 1.29 is 4.79 Å². The Kier molecular flexibility index (Phi) is 6.05. The second-order valence-corrected chi connectivity index (χ2v) is 9.81. The summed E-state index contributed by atoms with van der Waals surface area (Å²) in [6, 6.07) is 12.5. The first-order chi connectivity index (χ1) is 14.8. The van der Waals surface area contributed by atoms with E-state index in [1.807, 2.05) is 0 Å². The number of benzene rings is 1. The molecule has 1 saturated heterocycles. The molecule has 1 saturated carbocycles. The van der Waals surface area contributed by atoms with Gasteiger partial charge in [-0.3, -0.25) is 9.69 Å². The Balaban J connectivity index is 1.03. The molecule has 3 aliphatic rings. The number of hydrogen-bond acceptors (Lipinski definition) is 5. The highest BCUT2D eigenvalue weighted by molar-refractivity contribution is 7.99. The fourth-order valence-electron chi connectivity index (χ4n) is 5.65. The van der Waals surface area contributed by atoms with Crippen LogP contribution in [0.3, 0.4) is 0 Å². The van der Waals surface area contributed by atoms with E-state index in [9.17, 15) is 4.79 Å². The number of carbonyl (C=O) groups is 1. The fraction of sp³-hybridized carbons (Fsp3) is 0.542. The zero-order valence-electron chi connectivity index (χ0n) is 17.4. The number of aromatic nitrogens is 2. The lowest BCUT2D eigenvalue weighted by Gasteiger charge is -2.31. The van der Waals surface area contributed by atoms with Gasteiger partial charge in [0.05, 0.1) is 5.75 Å². The number of fused-ring (bicyclic) bond motifs is 5. The van der Waals surface area contributed by atoms with E-state index in [1.54, 1.807) is 29.6 Å². The molecule has 2 unspecified atom stereocenters. The zero-order valence-corrected chi connectivity index (χ0v) is 18.2. The second-order valence-electron chi connectivity index (χ2n) is 8.87. The molecule has 2 aromatic rings. The monoisotopic (exact) mass is 422 g/mol. The Labute approximate surface area is 183 Å². The van der Waals surface area contributed by atoms with Crippen molar-refractivity contribution in [1.29, 1.82) is 0 Å². The van der Waals surface area contributed by atoms with Crippen molar-refractivity contribution in [1.82, 2.24) is 20.2 Å². The van der Waals surface area contributed by atoms with Gasteiger partial charge in [0.1, 0.15) is 0 Å². The molecule has 30 heavy (non-hydrogen) atoms. The van der Waals surface area contributed by atoms with Gasteiger partial charge in [-0.15, -0.1) is 0 Å². The summed E-state index contributed by atoms with van der Waals surface area (Å²) in [5.41, 5.74) is 3.16. The van der Waals surface area contributed by atoms with E-state index in [2.05, 4.69) is 44.5 Å². The summed E-state index contributed by atoms with van der Waals surface area (Å²) >= 11 is 1.40. The van der Waals surface area contributed by atoms with Crippen LogP contribution in [0.4, 0.5) is 0 Å². The third kappa shape index (κ3) is 4.26. The minimum absolute atomic E-state index is 0.0994. The molecule has 0 radical (unpaired) electrons. The van der Waals surface area contributed by atoms with Gasteiger partial charge in [0.15, 0.2) is 5.16 Å². The number of nitrogens with zero attached hydrogens (tertiary/aromatic N) is 3. The van der Waals surface area contributed by atoms with Crippen LogP contribution in [0.2, 0.25) is 0 Å². The van der Waals surface area contributed by atoms with Gasteiger partial charge in [-0.25, -0.2) is 9.97 Å². The Hall–Kier alpha value is -1.92. The molecule has 158 valence electrons. The molecule has 2 fully saturated rings. The van der Waals surface area contributed by atoms with E-state index in [0.717, 1.165) is 18.8 Å². The first-order valence-corrected chi connectivity index (χ1v) is 12.3. The summed E-state index contributed by atoms with van der Waals surface area (Å²) in [6.07, 6.45) is 12.0. The normalized spacial score (nSPS) is 27.7. The maximum Gasteiger partial charge on any atom is 0.230 e. The van der Waals surface area contributed by atoms with Gasteiger partial charge < -0.3 is 5.32 Å². The van der Waals surface area contributed by atoms with Crippen LogP contribution < -0.4 is 5.32 Å². The minimum Gasteiger partial charge on any atom is -0.353 e. The topological polar surface area (TPSA) is 58.1 Å². The van der Waals surface area contributed by atoms with Crippen LogP contribution in [0.25, 0.3) is 0 Å². The summed E-state index contributed by atoms with van der Waals surface area (Å²) in [7, 11) is 0. The molecule has 1 aliphatic carbocycles. The van der Waals surface area contributed by atoms with Crippen molar-refractivity contribution in [3.05, 3.63) is 53.9 Å². The standard InChI is InChI=1S/C24H30N4OS/c29-23(16-30-24-25-13-3-14-26-24)27-18-8-6-17(7-9-18)12-15-28-21-10-11-22(28)20-5-2-1-4-19(20)21/h1-5,13-14,17-18,21-22H,6-12,15-16H2,(H,27,29). The number of nitrogens with one attached hydrogen (secondary N) is 1. The predicted molar refractivity (Wildman–Crippen MR) is 119 cm³/mol. The number of carbonyl (C=O) groups excluding carboxylic acids is 1. The highest BCUT2D eigenvalue weighted by Crippen LogP contribution is 2.53. The van der Waals surface area contributed by atoms with E-state index in [4.69, 9.17) is 0 Å². The molecular formula is C24H30N4OS. The number of hydrogen-bond donors (Lipinski definition) is 1.